The van der Waals surface area contributed by atoms with Gasteiger partial charge >= 0.3 is 0 Å². The molecule has 4 heteroatoms. The molecule has 0 amide bonds. The van der Waals surface area contributed by atoms with Gasteiger partial charge in [-0.3, -0.25) is 0 Å². The SMILES string of the molecule is CCNCc1ccc(OCc2ccccc2)c(Cl)c1.Cl. The third kappa shape index (κ3) is 5.04. The summed E-state index contributed by atoms with van der Waals surface area (Å²) in [5.74, 6) is 0.728. The fourth-order valence-electron chi connectivity index (χ4n) is 1.78. The van der Waals surface area contributed by atoms with Gasteiger partial charge in [-0.15, -0.1) is 12.4 Å². The highest BCUT2D eigenvalue weighted by atomic mass is 35.5. The molecule has 0 spiro atoms. The van der Waals surface area contributed by atoms with Crippen LogP contribution in [0.25, 0.3) is 0 Å². The summed E-state index contributed by atoms with van der Waals surface area (Å²) in [6.45, 7) is 4.39. The Bertz CT molecular complexity index is 517. The largest absolute Gasteiger partial charge is 0.487 e. The molecule has 0 bridgehead atoms. The molecule has 2 nitrogen and oxygen atoms in total. The van der Waals surface area contributed by atoms with Crippen LogP contribution < -0.4 is 10.1 Å². The summed E-state index contributed by atoms with van der Waals surface area (Å²) in [6.07, 6.45) is 0. The van der Waals surface area contributed by atoms with Gasteiger partial charge in [-0.25, -0.2) is 0 Å². The Morgan fingerprint density at radius 1 is 1.05 bits per heavy atom. The van der Waals surface area contributed by atoms with Gasteiger partial charge in [-0.05, 0) is 29.8 Å². The van der Waals surface area contributed by atoms with Gasteiger partial charge in [0.15, 0.2) is 0 Å². The van der Waals surface area contributed by atoms with Crippen LogP contribution in [0.5, 0.6) is 5.75 Å². The molecule has 0 saturated carbocycles. The fraction of sp³-hybridized carbons (Fsp3) is 0.250. The molecule has 0 heterocycles. The molecule has 0 aromatic heterocycles. The van der Waals surface area contributed by atoms with Gasteiger partial charge in [0, 0.05) is 6.54 Å². The van der Waals surface area contributed by atoms with Gasteiger partial charge in [-0.1, -0.05) is 54.9 Å². The second kappa shape index (κ2) is 8.85. The van der Waals surface area contributed by atoms with E-state index in [2.05, 4.69) is 12.2 Å². The predicted octanol–water partition coefficient (Wildman–Crippen LogP) is 4.45. The molecule has 1 N–H and O–H groups in total. The summed E-state index contributed by atoms with van der Waals surface area (Å²) in [4.78, 5) is 0. The van der Waals surface area contributed by atoms with Gasteiger partial charge in [-0.2, -0.15) is 0 Å². The maximum Gasteiger partial charge on any atom is 0.138 e. The lowest BCUT2D eigenvalue weighted by molar-refractivity contribution is 0.306. The predicted molar refractivity (Wildman–Crippen MR) is 86.9 cm³/mol. The molecule has 0 aliphatic heterocycles. The highest BCUT2D eigenvalue weighted by molar-refractivity contribution is 6.32. The molecule has 0 fully saturated rings. The second-order valence-corrected chi connectivity index (χ2v) is 4.73. The first kappa shape index (κ1) is 16.8. The lowest BCUT2D eigenvalue weighted by Gasteiger charge is -2.10. The number of rotatable bonds is 6. The van der Waals surface area contributed by atoms with Crippen molar-refractivity contribution >= 4 is 24.0 Å². The molecule has 0 aliphatic rings. The van der Waals surface area contributed by atoms with E-state index in [1.54, 1.807) is 0 Å². The Morgan fingerprint density at radius 3 is 2.45 bits per heavy atom. The molecule has 0 radical (unpaired) electrons. The highest BCUT2D eigenvalue weighted by Gasteiger charge is 2.03. The average Bonchev–Trinajstić information content (AvgIpc) is 2.45. The van der Waals surface area contributed by atoms with Crippen molar-refractivity contribution in [3.63, 3.8) is 0 Å². The van der Waals surface area contributed by atoms with Crippen LogP contribution in [0.4, 0.5) is 0 Å². The first-order chi connectivity index (χ1) is 9.29. The number of hydrogen-bond donors (Lipinski definition) is 1. The van der Waals surface area contributed by atoms with Crippen LogP contribution >= 0.6 is 24.0 Å². The smallest absolute Gasteiger partial charge is 0.138 e. The monoisotopic (exact) mass is 311 g/mol. The normalized spacial score (nSPS) is 9.90. The third-order valence-corrected chi connectivity index (χ3v) is 3.11. The molecule has 0 aliphatic carbocycles. The Kier molecular flexibility index (Phi) is 7.45. The lowest BCUT2D eigenvalue weighted by atomic mass is 10.2. The van der Waals surface area contributed by atoms with Crippen molar-refractivity contribution in [2.45, 2.75) is 20.1 Å². The molecule has 108 valence electrons. The molecular formula is C16H19Cl2NO. The van der Waals surface area contributed by atoms with Gasteiger partial charge in [0.25, 0.3) is 0 Å². The summed E-state index contributed by atoms with van der Waals surface area (Å²) < 4.78 is 5.73. The van der Waals surface area contributed by atoms with E-state index in [1.165, 1.54) is 5.56 Å². The van der Waals surface area contributed by atoms with Crippen LogP contribution in [-0.4, -0.2) is 6.54 Å². The minimum Gasteiger partial charge on any atom is -0.487 e. The van der Waals surface area contributed by atoms with Gasteiger partial charge in [0.05, 0.1) is 5.02 Å². The Hall–Kier alpha value is -1.22. The summed E-state index contributed by atoms with van der Waals surface area (Å²) in [5.41, 5.74) is 2.30. The van der Waals surface area contributed by atoms with Crippen molar-refractivity contribution in [2.24, 2.45) is 0 Å². The zero-order chi connectivity index (χ0) is 13.5. The third-order valence-electron chi connectivity index (χ3n) is 2.81. The lowest BCUT2D eigenvalue weighted by Crippen LogP contribution is -2.11. The van der Waals surface area contributed by atoms with Crippen molar-refractivity contribution in [2.75, 3.05) is 6.54 Å². The van der Waals surface area contributed by atoms with E-state index in [0.29, 0.717) is 11.6 Å². The summed E-state index contributed by atoms with van der Waals surface area (Å²) >= 11 is 6.22. The molecule has 2 rings (SSSR count). The zero-order valence-electron chi connectivity index (χ0n) is 11.4. The van der Waals surface area contributed by atoms with E-state index in [9.17, 15) is 0 Å². The fourth-order valence-corrected chi connectivity index (χ4v) is 2.03. The van der Waals surface area contributed by atoms with E-state index in [4.69, 9.17) is 16.3 Å². The maximum atomic E-state index is 6.22. The molecule has 0 saturated heterocycles. The van der Waals surface area contributed by atoms with Gasteiger partial charge < -0.3 is 10.1 Å². The topological polar surface area (TPSA) is 21.3 Å². The molecule has 2 aromatic rings. The van der Waals surface area contributed by atoms with Crippen molar-refractivity contribution in [1.82, 2.24) is 5.32 Å². The minimum atomic E-state index is 0. The van der Waals surface area contributed by atoms with E-state index in [-0.39, 0.29) is 12.4 Å². The number of benzene rings is 2. The van der Waals surface area contributed by atoms with E-state index in [0.717, 1.165) is 24.4 Å². The Morgan fingerprint density at radius 2 is 1.80 bits per heavy atom. The number of hydrogen-bond acceptors (Lipinski definition) is 2. The van der Waals surface area contributed by atoms with Crippen LogP contribution in [-0.2, 0) is 13.2 Å². The van der Waals surface area contributed by atoms with Crippen LogP contribution in [0.15, 0.2) is 48.5 Å². The van der Waals surface area contributed by atoms with E-state index >= 15 is 0 Å². The number of nitrogens with one attached hydrogen (secondary N) is 1. The number of ether oxygens (including phenoxy) is 1. The van der Waals surface area contributed by atoms with Crippen LogP contribution in [0.1, 0.15) is 18.1 Å². The molecular weight excluding hydrogens is 293 g/mol. The Labute approximate surface area is 131 Å². The first-order valence-electron chi connectivity index (χ1n) is 6.45. The van der Waals surface area contributed by atoms with Gasteiger partial charge in [0.1, 0.15) is 12.4 Å². The van der Waals surface area contributed by atoms with Crippen molar-refractivity contribution in [3.05, 3.63) is 64.7 Å². The van der Waals surface area contributed by atoms with Crippen LogP contribution in [0.3, 0.4) is 0 Å². The summed E-state index contributed by atoms with van der Waals surface area (Å²) in [6, 6.07) is 16.0. The van der Waals surface area contributed by atoms with E-state index in [1.807, 2.05) is 48.5 Å². The average molecular weight is 312 g/mol. The second-order valence-electron chi connectivity index (χ2n) is 4.32. The standard InChI is InChI=1S/C16H18ClNO.ClH/c1-2-18-11-14-8-9-16(15(17)10-14)19-12-13-6-4-3-5-7-13;/h3-10,18H,2,11-12H2,1H3;1H. The molecule has 0 atom stereocenters. The Balaban J connectivity index is 0.00000200. The number of halogens is 2. The maximum absolute atomic E-state index is 6.22. The van der Waals surface area contributed by atoms with Gasteiger partial charge in [0.2, 0.25) is 0 Å². The minimum absolute atomic E-state index is 0. The van der Waals surface area contributed by atoms with Crippen molar-refractivity contribution in [3.8, 4) is 5.75 Å². The first-order valence-corrected chi connectivity index (χ1v) is 6.83. The summed E-state index contributed by atoms with van der Waals surface area (Å²) in [5, 5.41) is 3.93. The van der Waals surface area contributed by atoms with Crippen LogP contribution in [0, 0.1) is 0 Å². The highest BCUT2D eigenvalue weighted by Crippen LogP contribution is 2.26. The van der Waals surface area contributed by atoms with E-state index < -0.39 is 0 Å². The quantitative estimate of drug-likeness (QED) is 0.851. The van der Waals surface area contributed by atoms with Crippen molar-refractivity contribution in [1.29, 1.82) is 0 Å². The molecule has 20 heavy (non-hydrogen) atoms. The van der Waals surface area contributed by atoms with Crippen LogP contribution in [0.2, 0.25) is 5.02 Å². The zero-order valence-corrected chi connectivity index (χ0v) is 13.0. The van der Waals surface area contributed by atoms with Crippen molar-refractivity contribution < 1.29 is 4.74 Å². The molecule has 0 unspecified atom stereocenters. The molecule has 2 aromatic carbocycles. The summed E-state index contributed by atoms with van der Waals surface area (Å²) in [7, 11) is 0.